The van der Waals surface area contributed by atoms with Gasteiger partial charge in [-0.1, -0.05) is 87.8 Å². The second-order valence-electron chi connectivity index (χ2n) is 10.8. The molecule has 2 N–H and O–H groups in total. The Morgan fingerprint density at radius 3 is 1.83 bits per heavy atom. The fourth-order valence-corrected chi connectivity index (χ4v) is 6.64. The Morgan fingerprint density at radius 2 is 1.29 bits per heavy atom. The molecule has 3 heterocycles. The van der Waals surface area contributed by atoms with Crippen molar-refractivity contribution in [2.75, 3.05) is 19.5 Å². The fourth-order valence-electron chi connectivity index (χ4n) is 5.25. The van der Waals surface area contributed by atoms with Crippen molar-refractivity contribution >= 4 is 86.7 Å². The molecule has 3 aromatic carbocycles. The minimum absolute atomic E-state index is 0.00517. The number of hydrogen-bond acceptors (Lipinski definition) is 9. The van der Waals surface area contributed by atoms with Crippen LogP contribution in [0.1, 0.15) is 22.9 Å². The first-order valence-electron chi connectivity index (χ1n) is 14.4. The minimum atomic E-state index is -0.821. The lowest BCUT2D eigenvalue weighted by molar-refractivity contribution is -0.0913. The van der Waals surface area contributed by atoms with Gasteiger partial charge in [-0.2, -0.15) is 9.97 Å². The Bertz CT molecular complexity index is 1930. The molecule has 48 heavy (non-hydrogen) atoms. The number of benzene rings is 3. The number of methoxy groups -OCH3 is 1. The van der Waals surface area contributed by atoms with Crippen LogP contribution in [0.4, 0.5) is 5.95 Å². The highest BCUT2D eigenvalue weighted by Gasteiger charge is 2.48. The number of fused-ring (bicyclic) bond motifs is 1. The van der Waals surface area contributed by atoms with Gasteiger partial charge in [0.05, 0.1) is 39.9 Å². The highest BCUT2D eigenvalue weighted by Crippen LogP contribution is 2.38. The van der Waals surface area contributed by atoms with E-state index < -0.39 is 24.5 Å². The van der Waals surface area contributed by atoms with E-state index in [1.165, 1.54) is 7.11 Å². The van der Waals surface area contributed by atoms with Crippen molar-refractivity contribution in [2.24, 2.45) is 0 Å². The molecule has 6 rings (SSSR count). The van der Waals surface area contributed by atoms with Gasteiger partial charge in [-0.25, -0.2) is 4.98 Å². The van der Waals surface area contributed by atoms with E-state index in [9.17, 15) is 0 Å². The zero-order valence-electron chi connectivity index (χ0n) is 25.1. The number of halogens is 6. The summed E-state index contributed by atoms with van der Waals surface area (Å²) in [6, 6.07) is 15.6. The van der Waals surface area contributed by atoms with Crippen LogP contribution in [-0.2, 0) is 38.8 Å². The summed E-state index contributed by atoms with van der Waals surface area (Å²) >= 11 is 37.8. The maximum atomic E-state index is 6.66. The molecule has 252 valence electrons. The molecule has 0 amide bonds. The van der Waals surface area contributed by atoms with Gasteiger partial charge in [0, 0.05) is 30.1 Å². The van der Waals surface area contributed by atoms with E-state index in [-0.39, 0.29) is 38.3 Å². The van der Waals surface area contributed by atoms with E-state index in [0.717, 1.165) is 11.1 Å². The number of nitrogens with two attached hydrogens (primary N) is 1. The fraction of sp³-hybridized carbons (Fsp3) is 0.281. The molecule has 16 heteroatoms. The van der Waals surface area contributed by atoms with Crippen LogP contribution in [0.3, 0.4) is 0 Å². The molecule has 0 spiro atoms. The molecule has 4 atom stereocenters. The molecule has 5 aromatic rings. The van der Waals surface area contributed by atoms with E-state index >= 15 is 0 Å². The van der Waals surface area contributed by atoms with E-state index in [1.54, 1.807) is 65.5 Å². The number of ether oxygens (including phenoxy) is 5. The van der Waals surface area contributed by atoms with Crippen LogP contribution in [0.25, 0.3) is 11.2 Å². The Labute approximate surface area is 305 Å². The van der Waals surface area contributed by atoms with Crippen LogP contribution >= 0.6 is 69.6 Å². The quantitative estimate of drug-likeness (QED) is 0.133. The molecular formula is C32H27Cl6N5O5. The Balaban J connectivity index is 1.35. The number of nitrogen functional groups attached to an aromatic ring is 1. The summed E-state index contributed by atoms with van der Waals surface area (Å²) in [6.07, 6.45) is -1.38. The van der Waals surface area contributed by atoms with Crippen molar-refractivity contribution in [3.05, 3.63) is 108 Å². The summed E-state index contributed by atoms with van der Waals surface area (Å²) in [4.78, 5) is 13.1. The Kier molecular flexibility index (Phi) is 11.4. The van der Waals surface area contributed by atoms with Gasteiger partial charge in [-0.15, -0.1) is 0 Å². The van der Waals surface area contributed by atoms with Crippen LogP contribution in [0.5, 0.6) is 5.88 Å². The number of aromatic nitrogens is 4. The van der Waals surface area contributed by atoms with Crippen molar-refractivity contribution in [1.29, 1.82) is 0 Å². The second-order valence-corrected chi connectivity index (χ2v) is 13.3. The first-order chi connectivity index (χ1) is 23.1. The number of nitrogens with zero attached hydrogens (tertiary/aromatic N) is 4. The number of anilines is 1. The molecule has 10 nitrogen and oxygen atoms in total. The van der Waals surface area contributed by atoms with Gasteiger partial charge in [-0.3, -0.25) is 4.57 Å². The zero-order valence-corrected chi connectivity index (χ0v) is 29.6. The SMILES string of the molecule is COc1nc(N)nc2c1ncn2[C@@H]1O[C@H](COCc2ccc(Cl)cc2Cl)[C@@H](OCc2ccc(Cl)cc2Cl)[C@@H]1OCc1ccc(Cl)cc1Cl. The zero-order chi connectivity index (χ0) is 33.9. The summed E-state index contributed by atoms with van der Waals surface area (Å²) in [7, 11) is 1.47. The molecule has 1 aliphatic heterocycles. The van der Waals surface area contributed by atoms with Gasteiger partial charge in [-0.05, 0) is 53.1 Å². The van der Waals surface area contributed by atoms with Crippen molar-refractivity contribution in [3.8, 4) is 5.88 Å². The minimum Gasteiger partial charge on any atom is -0.479 e. The third-order valence-corrected chi connectivity index (χ3v) is 9.37. The van der Waals surface area contributed by atoms with Gasteiger partial charge in [0.2, 0.25) is 11.8 Å². The maximum absolute atomic E-state index is 6.66. The van der Waals surface area contributed by atoms with E-state index in [1.807, 2.05) is 0 Å². The third kappa shape index (κ3) is 7.89. The summed E-state index contributed by atoms with van der Waals surface area (Å²) in [5, 5.41) is 2.91. The van der Waals surface area contributed by atoms with Crippen molar-refractivity contribution < 1.29 is 23.7 Å². The second kappa shape index (κ2) is 15.5. The standard InChI is InChI=1S/C32H27Cl6N5O5/c1-44-30-26-29(41-32(39)42-30)43(15-40-26)31-28(47-13-18-4-7-21(35)10-24(18)38)27(46-12-17-3-6-20(34)9-23(17)37)25(48-31)14-45-11-16-2-5-19(33)8-22(16)36/h2-10,15,25,27-28,31H,11-14H2,1H3,(H2,39,41,42)/t25-,27-,28+,31-/m1/s1. The van der Waals surface area contributed by atoms with Gasteiger partial charge in [0.1, 0.15) is 18.3 Å². The highest BCUT2D eigenvalue weighted by atomic mass is 35.5. The van der Waals surface area contributed by atoms with Gasteiger partial charge in [0.25, 0.3) is 0 Å². The molecule has 1 aliphatic rings. The Morgan fingerprint density at radius 1 is 0.750 bits per heavy atom. The van der Waals surface area contributed by atoms with Crippen molar-refractivity contribution in [1.82, 2.24) is 19.5 Å². The topological polar surface area (TPSA) is 116 Å². The molecule has 0 unspecified atom stereocenters. The summed E-state index contributed by atoms with van der Waals surface area (Å²) in [5.74, 6) is 0.207. The van der Waals surface area contributed by atoms with Crippen LogP contribution in [-0.4, -0.2) is 51.5 Å². The third-order valence-electron chi connectivity index (χ3n) is 7.61. The molecule has 1 saturated heterocycles. The lowest BCUT2D eigenvalue weighted by Gasteiger charge is -2.26. The lowest BCUT2D eigenvalue weighted by Crippen LogP contribution is -2.38. The lowest BCUT2D eigenvalue weighted by atomic mass is 10.1. The summed E-state index contributed by atoms with van der Waals surface area (Å²) in [5.41, 5.74) is 8.97. The van der Waals surface area contributed by atoms with Crippen molar-refractivity contribution in [3.63, 3.8) is 0 Å². The predicted octanol–water partition coefficient (Wildman–Crippen LogP) is 8.62. The average molecular weight is 774 g/mol. The maximum Gasteiger partial charge on any atom is 0.246 e. The van der Waals surface area contributed by atoms with Crippen molar-refractivity contribution in [2.45, 2.75) is 44.4 Å². The molecule has 1 fully saturated rings. The summed E-state index contributed by atoms with van der Waals surface area (Å²) < 4.78 is 33.0. The first kappa shape index (κ1) is 35.2. The molecule has 2 aromatic heterocycles. The van der Waals surface area contributed by atoms with Crippen LogP contribution in [0.2, 0.25) is 30.1 Å². The Hall–Kier alpha value is -2.61. The van der Waals surface area contributed by atoms with Gasteiger partial charge in [0.15, 0.2) is 17.4 Å². The van der Waals surface area contributed by atoms with E-state index in [4.69, 9.17) is 99.0 Å². The molecular weight excluding hydrogens is 747 g/mol. The monoisotopic (exact) mass is 771 g/mol. The molecule has 0 aliphatic carbocycles. The molecule has 0 saturated carbocycles. The molecule has 0 bridgehead atoms. The van der Waals surface area contributed by atoms with E-state index in [0.29, 0.717) is 46.9 Å². The first-order valence-corrected chi connectivity index (χ1v) is 16.7. The smallest absolute Gasteiger partial charge is 0.246 e. The summed E-state index contributed by atoms with van der Waals surface area (Å²) in [6.45, 7) is 0.509. The highest BCUT2D eigenvalue weighted by molar-refractivity contribution is 6.36. The van der Waals surface area contributed by atoms with Gasteiger partial charge >= 0.3 is 0 Å². The number of imidazole rings is 1. The number of rotatable bonds is 12. The number of hydrogen-bond donors (Lipinski definition) is 1. The van der Waals surface area contributed by atoms with Crippen LogP contribution in [0.15, 0.2) is 60.9 Å². The molecule has 0 radical (unpaired) electrons. The predicted molar refractivity (Wildman–Crippen MR) is 186 cm³/mol. The van der Waals surface area contributed by atoms with E-state index in [2.05, 4.69) is 15.0 Å². The van der Waals surface area contributed by atoms with Gasteiger partial charge < -0.3 is 29.4 Å². The average Bonchev–Trinajstić information content (AvgIpc) is 3.61. The normalized spacial score (nSPS) is 19.3. The largest absolute Gasteiger partial charge is 0.479 e. The van der Waals surface area contributed by atoms with Crippen LogP contribution < -0.4 is 10.5 Å². The van der Waals surface area contributed by atoms with Crippen LogP contribution in [0, 0.1) is 0 Å².